The molecule has 1 aliphatic rings. The van der Waals surface area contributed by atoms with Gasteiger partial charge in [0.05, 0.1) is 25.1 Å². The van der Waals surface area contributed by atoms with Gasteiger partial charge in [-0.15, -0.1) is 0 Å². The van der Waals surface area contributed by atoms with E-state index < -0.39 is 17.8 Å². The van der Waals surface area contributed by atoms with Crippen LogP contribution >= 0.6 is 0 Å². The molecule has 2 N–H and O–H groups in total. The molecule has 7 nitrogen and oxygen atoms in total. The van der Waals surface area contributed by atoms with Gasteiger partial charge in [0.1, 0.15) is 6.10 Å². The number of hydrogen-bond acceptors (Lipinski definition) is 5. The Morgan fingerprint density at radius 1 is 1.07 bits per heavy atom. The Balaban J connectivity index is 1.43. The fourth-order valence-corrected chi connectivity index (χ4v) is 3.08. The van der Waals surface area contributed by atoms with Gasteiger partial charge in [-0.25, -0.2) is 4.79 Å². The number of carbonyl (C=O) groups excluding carboxylic acids is 1. The maximum Gasteiger partial charge on any atom is 0.416 e. The number of methoxy groups -OCH3 is 1. The number of amides is 2. The first-order chi connectivity index (χ1) is 13.8. The lowest BCUT2D eigenvalue weighted by molar-refractivity contribution is -0.137. The predicted octanol–water partition coefficient (Wildman–Crippen LogP) is 4.02. The third-order valence-electron chi connectivity index (χ3n) is 4.57. The van der Waals surface area contributed by atoms with E-state index in [9.17, 15) is 18.0 Å². The second kappa shape index (κ2) is 8.97. The van der Waals surface area contributed by atoms with Crippen molar-refractivity contribution in [3.05, 3.63) is 42.2 Å². The Labute approximate surface area is 165 Å². The van der Waals surface area contributed by atoms with E-state index in [1.807, 2.05) is 0 Å². The average Bonchev–Trinajstić information content (AvgIpc) is 2.69. The number of rotatable bonds is 5. The zero-order chi connectivity index (χ0) is 20.9. The summed E-state index contributed by atoms with van der Waals surface area (Å²) in [4.78, 5) is 20.3. The summed E-state index contributed by atoms with van der Waals surface area (Å²) in [7, 11) is 1.50. The molecule has 1 saturated carbocycles. The molecule has 0 atom stereocenters. The summed E-state index contributed by atoms with van der Waals surface area (Å²) in [6.45, 7) is 0. The van der Waals surface area contributed by atoms with Crippen LogP contribution in [0.2, 0.25) is 0 Å². The summed E-state index contributed by atoms with van der Waals surface area (Å²) in [5, 5.41) is 5.39. The predicted molar refractivity (Wildman–Crippen MR) is 98.9 cm³/mol. The maximum atomic E-state index is 12.6. The molecule has 1 aromatic heterocycles. The lowest BCUT2D eigenvalue weighted by Crippen LogP contribution is -2.41. The quantitative estimate of drug-likeness (QED) is 0.778. The third-order valence-corrected chi connectivity index (χ3v) is 4.57. The van der Waals surface area contributed by atoms with Crippen molar-refractivity contribution in [3.63, 3.8) is 0 Å². The Hall–Kier alpha value is -3.04. The van der Waals surface area contributed by atoms with Crippen LogP contribution in [0.4, 0.5) is 23.7 Å². The zero-order valence-electron chi connectivity index (χ0n) is 15.7. The van der Waals surface area contributed by atoms with Crippen LogP contribution in [0, 0.1) is 0 Å². The van der Waals surface area contributed by atoms with E-state index in [4.69, 9.17) is 9.47 Å². The average molecular weight is 410 g/mol. The molecule has 0 unspecified atom stereocenters. The number of ether oxygens (including phenoxy) is 2. The largest absolute Gasteiger partial charge is 0.480 e. The van der Waals surface area contributed by atoms with Crippen molar-refractivity contribution < 1.29 is 27.4 Å². The summed E-state index contributed by atoms with van der Waals surface area (Å²) >= 11 is 0. The number of benzene rings is 1. The van der Waals surface area contributed by atoms with E-state index in [1.54, 1.807) is 0 Å². The first-order valence-electron chi connectivity index (χ1n) is 9.11. The molecule has 0 spiro atoms. The van der Waals surface area contributed by atoms with E-state index in [-0.39, 0.29) is 12.1 Å². The van der Waals surface area contributed by atoms with Gasteiger partial charge in [-0.05, 0) is 49.9 Å². The number of nitrogens with one attached hydrogen (secondary N) is 2. The van der Waals surface area contributed by atoms with E-state index in [2.05, 4.69) is 20.6 Å². The van der Waals surface area contributed by atoms with Crippen LogP contribution in [-0.4, -0.2) is 35.3 Å². The molecule has 2 amide bonds. The highest BCUT2D eigenvalue weighted by Crippen LogP contribution is 2.30. The number of carbonyl (C=O) groups is 1. The number of anilines is 1. The van der Waals surface area contributed by atoms with Crippen molar-refractivity contribution in [1.29, 1.82) is 0 Å². The molecule has 0 saturated heterocycles. The highest BCUT2D eigenvalue weighted by atomic mass is 19.4. The van der Waals surface area contributed by atoms with Gasteiger partial charge < -0.3 is 20.1 Å². The summed E-state index contributed by atoms with van der Waals surface area (Å²) in [5.41, 5.74) is -0.466. The van der Waals surface area contributed by atoms with Gasteiger partial charge in [0.2, 0.25) is 11.8 Å². The molecule has 1 heterocycles. The normalized spacial score (nSPS) is 19.3. The molecule has 1 aromatic carbocycles. The fraction of sp³-hybridized carbons (Fsp3) is 0.421. The number of alkyl halides is 3. The maximum absolute atomic E-state index is 12.6. The number of urea groups is 1. The van der Waals surface area contributed by atoms with E-state index in [1.165, 1.54) is 31.6 Å². The van der Waals surface area contributed by atoms with E-state index in [0.717, 1.165) is 25.0 Å². The molecule has 0 radical (unpaired) electrons. The Kier molecular flexibility index (Phi) is 6.40. The minimum Gasteiger partial charge on any atom is -0.480 e. The first-order valence-corrected chi connectivity index (χ1v) is 9.11. The number of nitrogens with zero attached hydrogens (tertiary/aromatic N) is 2. The second-order valence-corrected chi connectivity index (χ2v) is 6.66. The van der Waals surface area contributed by atoms with Gasteiger partial charge in [0, 0.05) is 11.7 Å². The van der Waals surface area contributed by atoms with Crippen LogP contribution < -0.4 is 20.1 Å². The summed E-state index contributed by atoms with van der Waals surface area (Å²) in [6, 6.07) is 3.82. The SMILES string of the molecule is COc1cncc(OC2CCC(NC(=O)Nc3ccc(C(F)(F)F)cc3)CC2)n1. The number of hydrogen-bond donors (Lipinski definition) is 2. The molecular formula is C19H21F3N4O3. The zero-order valence-corrected chi connectivity index (χ0v) is 15.7. The van der Waals surface area contributed by atoms with E-state index in [0.29, 0.717) is 30.3 Å². The molecule has 29 heavy (non-hydrogen) atoms. The van der Waals surface area contributed by atoms with E-state index >= 15 is 0 Å². The third kappa shape index (κ3) is 5.97. The van der Waals surface area contributed by atoms with Crippen molar-refractivity contribution in [1.82, 2.24) is 15.3 Å². The minimum atomic E-state index is -4.40. The molecule has 10 heteroatoms. The number of aromatic nitrogens is 2. The monoisotopic (exact) mass is 410 g/mol. The highest BCUT2D eigenvalue weighted by Gasteiger charge is 2.30. The topological polar surface area (TPSA) is 85.4 Å². The summed E-state index contributed by atoms with van der Waals surface area (Å²) in [5.74, 6) is 0.763. The molecule has 156 valence electrons. The molecule has 0 bridgehead atoms. The van der Waals surface area contributed by atoms with Crippen LogP contribution in [0.3, 0.4) is 0 Å². The molecule has 2 aromatic rings. The summed E-state index contributed by atoms with van der Waals surface area (Å²) in [6.07, 6.45) is 1.44. The van der Waals surface area contributed by atoms with Crippen LogP contribution in [-0.2, 0) is 6.18 Å². The van der Waals surface area contributed by atoms with Gasteiger partial charge in [-0.1, -0.05) is 0 Å². The minimum absolute atomic E-state index is 0.0348. The Bertz CT molecular complexity index is 822. The first kappa shape index (κ1) is 20.7. The Morgan fingerprint density at radius 2 is 1.72 bits per heavy atom. The molecule has 0 aliphatic heterocycles. The van der Waals surface area contributed by atoms with Gasteiger partial charge in [-0.3, -0.25) is 4.98 Å². The van der Waals surface area contributed by atoms with Crippen molar-refractivity contribution in [3.8, 4) is 11.8 Å². The second-order valence-electron chi connectivity index (χ2n) is 6.66. The molecular weight excluding hydrogens is 389 g/mol. The lowest BCUT2D eigenvalue weighted by Gasteiger charge is -2.29. The van der Waals surface area contributed by atoms with Crippen molar-refractivity contribution in [2.45, 2.75) is 44.0 Å². The smallest absolute Gasteiger partial charge is 0.416 e. The van der Waals surface area contributed by atoms with Gasteiger partial charge in [-0.2, -0.15) is 18.2 Å². The fourth-order valence-electron chi connectivity index (χ4n) is 3.08. The Morgan fingerprint density at radius 3 is 2.34 bits per heavy atom. The molecule has 1 fully saturated rings. The van der Waals surface area contributed by atoms with Crippen molar-refractivity contribution in [2.24, 2.45) is 0 Å². The van der Waals surface area contributed by atoms with Crippen molar-refractivity contribution in [2.75, 3.05) is 12.4 Å². The van der Waals surface area contributed by atoms with Crippen molar-refractivity contribution >= 4 is 11.7 Å². The van der Waals surface area contributed by atoms with Crippen LogP contribution in [0.25, 0.3) is 0 Å². The molecule has 1 aliphatic carbocycles. The van der Waals surface area contributed by atoms with Crippen LogP contribution in [0.5, 0.6) is 11.8 Å². The number of halogens is 3. The van der Waals surface area contributed by atoms with Gasteiger partial charge >= 0.3 is 12.2 Å². The van der Waals surface area contributed by atoms with Gasteiger partial charge in [0.25, 0.3) is 0 Å². The standard InChI is InChI=1S/C19H21F3N4O3/c1-28-16-10-23-11-17(26-16)29-15-8-6-14(7-9-15)25-18(27)24-13-4-2-12(3-5-13)19(20,21)22/h2-5,10-11,14-15H,6-9H2,1H3,(H2,24,25,27). The van der Waals surface area contributed by atoms with Crippen LogP contribution in [0.15, 0.2) is 36.7 Å². The van der Waals surface area contributed by atoms with Crippen LogP contribution in [0.1, 0.15) is 31.2 Å². The highest BCUT2D eigenvalue weighted by molar-refractivity contribution is 5.89. The molecule has 3 rings (SSSR count). The summed E-state index contributed by atoms with van der Waals surface area (Å²) < 4.78 is 48.5. The lowest BCUT2D eigenvalue weighted by atomic mass is 9.93. The van der Waals surface area contributed by atoms with Gasteiger partial charge in [0.15, 0.2) is 0 Å².